The molecule has 0 aliphatic rings. The second kappa shape index (κ2) is 13.2. The number of aryl methyl sites for hydroxylation is 1. The first-order valence-electron chi connectivity index (χ1n) is 12.7. The van der Waals surface area contributed by atoms with E-state index in [1.54, 1.807) is 42.5 Å². The summed E-state index contributed by atoms with van der Waals surface area (Å²) in [5.41, 5.74) is 8.34. The number of non-ortho nitro benzene ring substituents is 1. The van der Waals surface area contributed by atoms with E-state index in [0.29, 0.717) is 21.3 Å². The first-order chi connectivity index (χ1) is 20.3. The lowest BCUT2D eigenvalue weighted by Gasteiger charge is -2.09. The number of anilines is 2. The van der Waals surface area contributed by atoms with Crippen molar-refractivity contribution in [2.45, 2.75) is 13.5 Å². The van der Waals surface area contributed by atoms with Gasteiger partial charge in [-0.05, 0) is 76.4 Å². The minimum absolute atomic E-state index is 0.0138. The number of aromatic nitrogens is 1. The molecule has 0 unspecified atom stereocenters. The summed E-state index contributed by atoms with van der Waals surface area (Å²) in [6.45, 7) is 2.22. The van der Waals surface area contributed by atoms with Crippen molar-refractivity contribution >= 4 is 55.9 Å². The number of nitrogens with one attached hydrogen (secondary N) is 2. The molecule has 0 atom stereocenters. The van der Waals surface area contributed by atoms with Gasteiger partial charge in [-0.15, -0.1) is 11.3 Å². The number of hydrazone groups is 1. The minimum Gasteiger partial charge on any atom is -0.488 e. The van der Waals surface area contributed by atoms with Gasteiger partial charge in [0.15, 0.2) is 5.13 Å². The van der Waals surface area contributed by atoms with E-state index in [1.807, 2.05) is 48.7 Å². The zero-order valence-electron chi connectivity index (χ0n) is 22.3. The Balaban J connectivity index is 1.14. The molecule has 2 N–H and O–H groups in total. The van der Waals surface area contributed by atoms with Gasteiger partial charge in [0.2, 0.25) is 0 Å². The van der Waals surface area contributed by atoms with Gasteiger partial charge in [-0.25, -0.2) is 10.4 Å². The maximum Gasteiger partial charge on any atom is 0.271 e. The van der Waals surface area contributed by atoms with Crippen molar-refractivity contribution in [3.8, 4) is 17.0 Å². The van der Waals surface area contributed by atoms with Crippen LogP contribution in [-0.4, -0.2) is 22.0 Å². The summed E-state index contributed by atoms with van der Waals surface area (Å²) in [6, 6.07) is 26.9. The van der Waals surface area contributed by atoms with Crippen LogP contribution in [-0.2, 0) is 6.61 Å². The second-order valence-corrected chi connectivity index (χ2v) is 10.9. The SMILES string of the molecule is Cc1ccc(Nc2nc(-c3ccc(C(=O)N/N=C\c4ccc(OCc5cccc([N+](=O)[O-])c5)c(Br)c4)cc3)cs2)cc1. The van der Waals surface area contributed by atoms with Crippen molar-refractivity contribution in [2.24, 2.45) is 5.10 Å². The molecule has 0 saturated carbocycles. The fraction of sp³-hybridized carbons (Fsp3) is 0.0645. The Morgan fingerprint density at radius 1 is 1.07 bits per heavy atom. The van der Waals surface area contributed by atoms with Gasteiger partial charge in [0.25, 0.3) is 11.6 Å². The van der Waals surface area contributed by atoms with Gasteiger partial charge in [-0.3, -0.25) is 14.9 Å². The van der Waals surface area contributed by atoms with Crippen LogP contribution in [0, 0.1) is 17.0 Å². The number of ether oxygens (including phenoxy) is 1. The number of hydrogen-bond acceptors (Lipinski definition) is 8. The third-order valence-electron chi connectivity index (χ3n) is 6.10. The predicted octanol–water partition coefficient (Wildman–Crippen LogP) is 7.88. The van der Waals surface area contributed by atoms with Crippen molar-refractivity contribution in [3.63, 3.8) is 0 Å². The third kappa shape index (κ3) is 7.45. The van der Waals surface area contributed by atoms with Gasteiger partial charge in [0.1, 0.15) is 12.4 Å². The molecule has 5 rings (SSSR count). The maximum atomic E-state index is 12.6. The molecule has 0 fully saturated rings. The molecule has 0 aliphatic heterocycles. The van der Waals surface area contributed by atoms with Crippen molar-refractivity contribution < 1.29 is 14.5 Å². The van der Waals surface area contributed by atoms with Crippen molar-refractivity contribution in [3.05, 3.63) is 133 Å². The number of rotatable bonds is 10. The summed E-state index contributed by atoms with van der Waals surface area (Å²) in [6.07, 6.45) is 1.53. The molecule has 4 aromatic carbocycles. The molecular formula is C31H24BrN5O4S. The Bertz CT molecular complexity index is 1750. The highest BCUT2D eigenvalue weighted by Gasteiger charge is 2.10. The Kier molecular flexibility index (Phi) is 9.00. The lowest BCUT2D eigenvalue weighted by molar-refractivity contribution is -0.384. The van der Waals surface area contributed by atoms with Crippen LogP contribution in [0.4, 0.5) is 16.5 Å². The van der Waals surface area contributed by atoms with E-state index in [0.717, 1.165) is 27.6 Å². The number of nitrogens with zero attached hydrogens (tertiary/aromatic N) is 3. The molecule has 0 spiro atoms. The molecule has 1 amide bonds. The normalized spacial score (nSPS) is 10.9. The summed E-state index contributed by atoms with van der Waals surface area (Å²) in [5, 5.41) is 21.1. The number of amides is 1. The maximum absolute atomic E-state index is 12.6. The summed E-state index contributed by atoms with van der Waals surface area (Å²) < 4.78 is 6.47. The van der Waals surface area contributed by atoms with Crippen molar-refractivity contribution in [2.75, 3.05) is 5.32 Å². The molecule has 1 heterocycles. The quantitative estimate of drug-likeness (QED) is 0.0909. The Hall–Kier alpha value is -4.87. The molecule has 0 saturated heterocycles. The van der Waals surface area contributed by atoms with E-state index in [1.165, 1.54) is 35.2 Å². The highest BCUT2D eigenvalue weighted by molar-refractivity contribution is 9.10. The smallest absolute Gasteiger partial charge is 0.271 e. The van der Waals surface area contributed by atoms with Crippen LogP contribution in [0.15, 0.2) is 106 Å². The lowest BCUT2D eigenvalue weighted by Crippen LogP contribution is -2.17. The largest absolute Gasteiger partial charge is 0.488 e. The van der Waals surface area contributed by atoms with Crippen molar-refractivity contribution in [1.29, 1.82) is 0 Å². The second-order valence-electron chi connectivity index (χ2n) is 9.21. The number of carbonyl (C=O) groups excluding carboxylic acids is 1. The molecule has 210 valence electrons. The summed E-state index contributed by atoms with van der Waals surface area (Å²) in [5.74, 6) is 0.231. The Morgan fingerprint density at radius 3 is 2.60 bits per heavy atom. The topological polar surface area (TPSA) is 119 Å². The zero-order chi connectivity index (χ0) is 29.5. The number of benzene rings is 4. The standard InChI is InChI=1S/C31H24BrN5O4S/c1-20-5-12-25(13-6-20)34-31-35-28(19-42-31)23-8-10-24(11-9-23)30(38)36-33-17-21-7-14-29(27(32)16-21)41-18-22-3-2-4-26(15-22)37(39)40/h2-17,19H,18H2,1H3,(H,34,35)(H,36,38)/b33-17-. The molecule has 9 nitrogen and oxygen atoms in total. The van der Waals surface area contributed by atoms with Crippen LogP contribution in [0.2, 0.25) is 0 Å². The molecule has 5 aromatic rings. The van der Waals surface area contributed by atoms with Crippen LogP contribution >= 0.6 is 27.3 Å². The molecular weight excluding hydrogens is 618 g/mol. The van der Waals surface area contributed by atoms with Crippen LogP contribution < -0.4 is 15.5 Å². The minimum atomic E-state index is -0.440. The average molecular weight is 643 g/mol. The first-order valence-corrected chi connectivity index (χ1v) is 14.4. The number of carbonyl (C=O) groups is 1. The van der Waals surface area contributed by atoms with E-state index >= 15 is 0 Å². The number of thiazole rings is 1. The highest BCUT2D eigenvalue weighted by Crippen LogP contribution is 2.28. The molecule has 1 aromatic heterocycles. The van der Waals surface area contributed by atoms with E-state index in [2.05, 4.69) is 36.8 Å². The summed E-state index contributed by atoms with van der Waals surface area (Å²) in [4.78, 5) is 27.8. The number of nitro groups is 1. The van der Waals surface area contributed by atoms with Gasteiger partial charge in [0.05, 0.1) is 21.3 Å². The van der Waals surface area contributed by atoms with Crippen molar-refractivity contribution in [1.82, 2.24) is 10.4 Å². The van der Waals surface area contributed by atoms with Gasteiger partial charge in [-0.1, -0.05) is 42.0 Å². The molecule has 0 radical (unpaired) electrons. The summed E-state index contributed by atoms with van der Waals surface area (Å²) in [7, 11) is 0. The molecule has 0 aliphatic carbocycles. The fourth-order valence-electron chi connectivity index (χ4n) is 3.88. The average Bonchev–Trinajstić information content (AvgIpc) is 3.46. The summed E-state index contributed by atoms with van der Waals surface area (Å²) >= 11 is 4.99. The van der Waals surface area contributed by atoms with Gasteiger partial charge < -0.3 is 10.1 Å². The van der Waals surface area contributed by atoms with Crippen LogP contribution in [0.25, 0.3) is 11.3 Å². The van der Waals surface area contributed by atoms with Gasteiger partial charge >= 0.3 is 0 Å². The highest BCUT2D eigenvalue weighted by atomic mass is 79.9. The molecule has 11 heteroatoms. The first kappa shape index (κ1) is 28.7. The predicted molar refractivity (Wildman–Crippen MR) is 169 cm³/mol. The molecule has 42 heavy (non-hydrogen) atoms. The third-order valence-corrected chi connectivity index (χ3v) is 7.48. The van der Waals surface area contributed by atoms with Gasteiger partial charge in [-0.2, -0.15) is 5.10 Å². The lowest BCUT2D eigenvalue weighted by atomic mass is 10.1. The fourth-order valence-corrected chi connectivity index (χ4v) is 5.13. The van der Waals surface area contributed by atoms with Crippen LogP contribution in [0.5, 0.6) is 5.75 Å². The van der Waals surface area contributed by atoms with Crippen LogP contribution in [0.3, 0.4) is 0 Å². The number of hydrogen-bond donors (Lipinski definition) is 2. The van der Waals surface area contributed by atoms with Crippen LogP contribution in [0.1, 0.15) is 27.0 Å². The van der Waals surface area contributed by atoms with E-state index in [-0.39, 0.29) is 18.2 Å². The van der Waals surface area contributed by atoms with Gasteiger partial charge in [0, 0.05) is 34.3 Å². The van der Waals surface area contributed by atoms with E-state index < -0.39 is 4.92 Å². The zero-order valence-corrected chi connectivity index (χ0v) is 24.7. The number of nitro benzene ring substituents is 1. The Morgan fingerprint density at radius 2 is 1.86 bits per heavy atom. The van der Waals surface area contributed by atoms with E-state index in [9.17, 15) is 14.9 Å². The Labute approximate surface area is 254 Å². The molecule has 0 bridgehead atoms. The van der Waals surface area contributed by atoms with E-state index in [4.69, 9.17) is 4.74 Å². The number of halogens is 1. The monoisotopic (exact) mass is 641 g/mol.